The summed E-state index contributed by atoms with van der Waals surface area (Å²) in [6, 6.07) is 13.9. The Kier molecular flexibility index (Phi) is 7.15. The lowest BCUT2D eigenvalue weighted by molar-refractivity contribution is 0.295. The zero-order valence-electron chi connectivity index (χ0n) is 15.4. The number of hydrogen-bond donors (Lipinski definition) is 3. The fourth-order valence-electron chi connectivity index (χ4n) is 2.37. The van der Waals surface area contributed by atoms with Gasteiger partial charge >= 0.3 is 0 Å². The van der Waals surface area contributed by atoms with Crippen LogP contribution < -0.4 is 0 Å². The molecule has 0 unspecified atom stereocenters. The van der Waals surface area contributed by atoms with E-state index in [9.17, 15) is 8.42 Å². The van der Waals surface area contributed by atoms with E-state index in [1.807, 2.05) is 37.4 Å². The van der Waals surface area contributed by atoms with E-state index < -0.39 is 10.1 Å². The Morgan fingerprint density at radius 2 is 1.81 bits per heavy atom. The van der Waals surface area contributed by atoms with Gasteiger partial charge in [0, 0.05) is 17.1 Å². The standard InChI is InChI=1S/C13H16N2O.C7H8O3S/c1-2-3-8-16-13(14)11-9-15-12-7-5-4-6-10(11)12;1-6-2-4-7(5-3-6)11(8,9)10/h4-7,9,14-15H,2-3,8H2,1H3;2-5H,1H3,(H,8,9,10). The van der Waals surface area contributed by atoms with Crippen LogP contribution in [0.2, 0.25) is 0 Å². The fourth-order valence-corrected chi connectivity index (χ4v) is 2.85. The molecular weight excluding hydrogens is 364 g/mol. The Morgan fingerprint density at radius 3 is 2.44 bits per heavy atom. The van der Waals surface area contributed by atoms with Crippen molar-refractivity contribution in [2.75, 3.05) is 6.61 Å². The largest absolute Gasteiger partial charge is 0.478 e. The summed E-state index contributed by atoms with van der Waals surface area (Å²) in [6.07, 6.45) is 3.91. The second kappa shape index (κ2) is 9.34. The first-order valence-electron chi connectivity index (χ1n) is 8.65. The number of rotatable bonds is 5. The van der Waals surface area contributed by atoms with Crippen molar-refractivity contribution in [2.24, 2.45) is 0 Å². The lowest BCUT2D eigenvalue weighted by atomic mass is 10.2. The van der Waals surface area contributed by atoms with Gasteiger partial charge in [0.1, 0.15) is 0 Å². The fraction of sp³-hybridized carbons (Fsp3) is 0.250. The molecule has 6 nitrogen and oxygen atoms in total. The highest BCUT2D eigenvalue weighted by Crippen LogP contribution is 2.18. The molecule has 0 atom stereocenters. The maximum atomic E-state index is 10.5. The smallest absolute Gasteiger partial charge is 0.294 e. The van der Waals surface area contributed by atoms with Crippen LogP contribution in [0.1, 0.15) is 30.9 Å². The van der Waals surface area contributed by atoms with Gasteiger partial charge in [-0.15, -0.1) is 0 Å². The number of fused-ring (bicyclic) bond motifs is 1. The number of aromatic amines is 1. The molecule has 1 heterocycles. The first-order chi connectivity index (χ1) is 12.8. The Labute approximate surface area is 159 Å². The first-order valence-corrected chi connectivity index (χ1v) is 10.1. The maximum absolute atomic E-state index is 10.5. The van der Waals surface area contributed by atoms with Crippen LogP contribution in [0, 0.1) is 12.3 Å². The predicted octanol–water partition coefficient (Wildman–Crippen LogP) is 4.55. The van der Waals surface area contributed by atoms with Crippen LogP contribution in [0.25, 0.3) is 10.9 Å². The van der Waals surface area contributed by atoms with Crippen molar-refractivity contribution in [2.45, 2.75) is 31.6 Å². The van der Waals surface area contributed by atoms with Crippen molar-refractivity contribution in [3.63, 3.8) is 0 Å². The molecule has 144 valence electrons. The van der Waals surface area contributed by atoms with Crippen molar-refractivity contribution in [3.05, 3.63) is 65.9 Å². The lowest BCUT2D eigenvalue weighted by Crippen LogP contribution is -2.05. The molecule has 0 aliphatic carbocycles. The quantitative estimate of drug-likeness (QED) is 0.258. The SMILES string of the molecule is CCCCOC(=N)c1c[nH]c2ccccc12.Cc1ccc(S(=O)(=O)O)cc1. The van der Waals surface area contributed by atoms with Crippen molar-refractivity contribution < 1.29 is 17.7 Å². The third kappa shape index (κ3) is 5.94. The Balaban J connectivity index is 0.000000208. The van der Waals surface area contributed by atoms with Crippen molar-refractivity contribution in [1.29, 1.82) is 5.41 Å². The summed E-state index contributed by atoms with van der Waals surface area (Å²) in [5.74, 6) is 0.255. The lowest BCUT2D eigenvalue weighted by Gasteiger charge is -2.05. The molecule has 0 aliphatic rings. The third-order valence-electron chi connectivity index (χ3n) is 3.90. The molecule has 0 spiro atoms. The molecule has 0 saturated carbocycles. The second-order valence-corrected chi connectivity index (χ2v) is 7.49. The van der Waals surface area contributed by atoms with Crippen LogP contribution in [-0.2, 0) is 14.9 Å². The van der Waals surface area contributed by atoms with Crippen LogP contribution in [0.5, 0.6) is 0 Å². The van der Waals surface area contributed by atoms with Crippen LogP contribution in [0.4, 0.5) is 0 Å². The van der Waals surface area contributed by atoms with E-state index >= 15 is 0 Å². The summed E-state index contributed by atoms with van der Waals surface area (Å²) in [4.78, 5) is 3.07. The number of ether oxygens (including phenoxy) is 1. The molecule has 0 aliphatic heterocycles. The van der Waals surface area contributed by atoms with Gasteiger partial charge in [-0.25, -0.2) is 0 Å². The number of aromatic nitrogens is 1. The predicted molar refractivity (Wildman–Crippen MR) is 107 cm³/mol. The van der Waals surface area contributed by atoms with Gasteiger partial charge in [-0.05, 0) is 31.5 Å². The number of hydrogen-bond acceptors (Lipinski definition) is 4. The highest BCUT2D eigenvalue weighted by Gasteiger charge is 2.09. The minimum absolute atomic E-state index is 0.0666. The monoisotopic (exact) mass is 388 g/mol. The summed E-state index contributed by atoms with van der Waals surface area (Å²) in [7, 11) is -4.02. The highest BCUT2D eigenvalue weighted by molar-refractivity contribution is 7.85. The van der Waals surface area contributed by atoms with Crippen LogP contribution >= 0.6 is 0 Å². The molecule has 3 rings (SSSR count). The van der Waals surface area contributed by atoms with Gasteiger partial charge in [0.2, 0.25) is 5.90 Å². The molecule has 7 heteroatoms. The number of aryl methyl sites for hydroxylation is 1. The molecule has 27 heavy (non-hydrogen) atoms. The van der Waals surface area contributed by atoms with Gasteiger partial charge in [-0.3, -0.25) is 9.96 Å². The van der Waals surface area contributed by atoms with E-state index in [2.05, 4.69) is 11.9 Å². The van der Waals surface area contributed by atoms with Crippen LogP contribution in [0.15, 0.2) is 59.6 Å². The Hall–Kier alpha value is -2.64. The van der Waals surface area contributed by atoms with E-state index in [0.29, 0.717) is 6.61 Å². The van der Waals surface area contributed by atoms with Gasteiger partial charge in [0.05, 0.1) is 17.1 Å². The molecule has 0 saturated heterocycles. The van der Waals surface area contributed by atoms with E-state index in [-0.39, 0.29) is 10.8 Å². The van der Waals surface area contributed by atoms with Crippen molar-refractivity contribution in [3.8, 4) is 0 Å². The molecule has 2 aromatic carbocycles. The van der Waals surface area contributed by atoms with E-state index in [0.717, 1.165) is 34.9 Å². The van der Waals surface area contributed by atoms with Crippen LogP contribution in [0.3, 0.4) is 0 Å². The van der Waals surface area contributed by atoms with E-state index in [1.165, 1.54) is 12.1 Å². The number of benzene rings is 2. The Bertz CT molecular complexity index is 992. The van der Waals surface area contributed by atoms with Gasteiger partial charge < -0.3 is 9.72 Å². The zero-order chi connectivity index (χ0) is 19.9. The van der Waals surface area contributed by atoms with Gasteiger partial charge in [0.15, 0.2) is 0 Å². The molecule has 0 fully saturated rings. The molecule has 3 N–H and O–H groups in total. The van der Waals surface area contributed by atoms with Gasteiger partial charge in [0.25, 0.3) is 10.1 Å². The molecule has 3 aromatic rings. The molecular formula is C20H24N2O4S. The van der Waals surface area contributed by atoms with Crippen molar-refractivity contribution in [1.82, 2.24) is 4.98 Å². The second-order valence-electron chi connectivity index (χ2n) is 6.07. The highest BCUT2D eigenvalue weighted by atomic mass is 32.2. The van der Waals surface area contributed by atoms with Gasteiger partial charge in [-0.2, -0.15) is 8.42 Å². The number of para-hydroxylation sites is 1. The summed E-state index contributed by atoms with van der Waals surface area (Å²) >= 11 is 0. The molecule has 0 radical (unpaired) electrons. The number of unbranched alkanes of at least 4 members (excludes halogenated alkanes) is 1. The molecule has 1 aromatic heterocycles. The van der Waals surface area contributed by atoms with E-state index in [4.69, 9.17) is 14.7 Å². The van der Waals surface area contributed by atoms with Gasteiger partial charge in [-0.1, -0.05) is 49.2 Å². The summed E-state index contributed by atoms with van der Waals surface area (Å²) in [5.41, 5.74) is 2.84. The Morgan fingerprint density at radius 1 is 1.15 bits per heavy atom. The first kappa shape index (κ1) is 20.7. The normalized spacial score (nSPS) is 10.9. The van der Waals surface area contributed by atoms with Crippen LogP contribution in [-0.4, -0.2) is 30.5 Å². The third-order valence-corrected chi connectivity index (χ3v) is 4.76. The number of nitrogens with one attached hydrogen (secondary N) is 2. The topological polar surface area (TPSA) is 103 Å². The minimum atomic E-state index is -4.02. The average molecular weight is 388 g/mol. The average Bonchev–Trinajstić information content (AvgIpc) is 3.06. The minimum Gasteiger partial charge on any atom is -0.478 e. The summed E-state index contributed by atoms with van der Waals surface area (Å²) in [6.45, 7) is 4.57. The molecule has 0 amide bonds. The number of H-pyrrole nitrogens is 1. The molecule has 0 bridgehead atoms. The van der Waals surface area contributed by atoms with E-state index in [1.54, 1.807) is 12.1 Å². The maximum Gasteiger partial charge on any atom is 0.294 e. The zero-order valence-corrected chi connectivity index (χ0v) is 16.2. The summed E-state index contributed by atoms with van der Waals surface area (Å²) in [5, 5.41) is 8.91. The van der Waals surface area contributed by atoms with Crippen molar-refractivity contribution >= 4 is 26.9 Å². The summed E-state index contributed by atoms with van der Waals surface area (Å²) < 4.78 is 34.9.